The molecule has 1 aliphatic heterocycles. The number of imide groups is 1. The first-order valence-electron chi connectivity index (χ1n) is 9.71. The molecule has 2 aromatic heterocycles. The Bertz CT molecular complexity index is 1100. The Balaban J connectivity index is 1.43. The Morgan fingerprint density at radius 1 is 1.34 bits per heavy atom. The van der Waals surface area contributed by atoms with Gasteiger partial charge in [-0.05, 0) is 37.7 Å². The molecular formula is C18H18ClF3N6O3S. The highest BCUT2D eigenvalue weighted by Crippen LogP contribution is 2.36. The molecule has 1 spiro atoms. The standard InChI is InChI=1S/C18H18ClF3N6O3S/c1-9-2-4-17(5-3-9)14(30)28(15(31)23-17)26-12(29)8-32-16-25-24-13-11(19)6-10(7-27(13)16)18(20,21)22/h6-7,9H,2-5,8H2,1H3,(H,23,31)(H,26,29). The number of hydrogen-bond acceptors (Lipinski definition) is 6. The number of rotatable bonds is 4. The number of pyridine rings is 1. The number of thioether (sulfide) groups is 1. The van der Waals surface area contributed by atoms with Crippen molar-refractivity contribution in [2.75, 3.05) is 5.75 Å². The summed E-state index contributed by atoms with van der Waals surface area (Å²) in [5.74, 6) is -1.08. The minimum Gasteiger partial charge on any atom is -0.322 e. The first kappa shape index (κ1) is 22.6. The van der Waals surface area contributed by atoms with Gasteiger partial charge in [0.05, 0.1) is 16.3 Å². The summed E-state index contributed by atoms with van der Waals surface area (Å²) in [6.45, 7) is 2.07. The lowest BCUT2D eigenvalue weighted by Gasteiger charge is -2.33. The van der Waals surface area contributed by atoms with E-state index in [1.165, 1.54) is 0 Å². The number of carbonyl (C=O) groups is 3. The van der Waals surface area contributed by atoms with Crippen LogP contribution >= 0.6 is 23.4 Å². The van der Waals surface area contributed by atoms with Crippen molar-refractivity contribution in [3.05, 3.63) is 22.8 Å². The van der Waals surface area contributed by atoms with E-state index in [1.807, 2.05) is 0 Å². The van der Waals surface area contributed by atoms with E-state index in [0.29, 0.717) is 23.8 Å². The Morgan fingerprint density at radius 2 is 2.03 bits per heavy atom. The summed E-state index contributed by atoms with van der Waals surface area (Å²) in [6, 6.07) is 0.0315. The van der Waals surface area contributed by atoms with Crippen LogP contribution < -0.4 is 10.7 Å². The number of hydrazine groups is 1. The zero-order valence-corrected chi connectivity index (χ0v) is 18.3. The second-order valence-corrected chi connectivity index (χ2v) is 9.26. The van der Waals surface area contributed by atoms with E-state index < -0.39 is 35.1 Å². The van der Waals surface area contributed by atoms with Gasteiger partial charge in [0.15, 0.2) is 10.8 Å². The number of alkyl halides is 3. The topological polar surface area (TPSA) is 109 Å². The van der Waals surface area contributed by atoms with Gasteiger partial charge in [0.2, 0.25) is 5.91 Å². The molecule has 4 amide bonds. The third-order valence-corrected chi connectivity index (χ3v) is 6.84. The largest absolute Gasteiger partial charge is 0.417 e. The highest BCUT2D eigenvalue weighted by Gasteiger charge is 2.52. The first-order chi connectivity index (χ1) is 15.0. The number of urea groups is 1. The van der Waals surface area contributed by atoms with Crippen LogP contribution in [0.15, 0.2) is 17.4 Å². The number of nitrogens with zero attached hydrogens (tertiary/aromatic N) is 4. The van der Waals surface area contributed by atoms with Gasteiger partial charge >= 0.3 is 12.2 Å². The maximum atomic E-state index is 13.1. The van der Waals surface area contributed by atoms with Gasteiger partial charge < -0.3 is 5.32 Å². The Morgan fingerprint density at radius 3 is 2.69 bits per heavy atom. The van der Waals surface area contributed by atoms with Crippen molar-refractivity contribution in [2.24, 2.45) is 5.92 Å². The van der Waals surface area contributed by atoms with Gasteiger partial charge in [-0.15, -0.1) is 10.2 Å². The van der Waals surface area contributed by atoms with Gasteiger partial charge in [-0.1, -0.05) is 30.3 Å². The van der Waals surface area contributed by atoms with Crippen molar-refractivity contribution >= 4 is 46.9 Å². The number of fused-ring (bicyclic) bond motifs is 1. The molecule has 172 valence electrons. The van der Waals surface area contributed by atoms with E-state index in [1.54, 1.807) is 0 Å². The third kappa shape index (κ3) is 4.10. The fourth-order valence-electron chi connectivity index (χ4n) is 3.79. The summed E-state index contributed by atoms with van der Waals surface area (Å²) in [5.41, 5.74) is 0.277. The van der Waals surface area contributed by atoms with Crippen LogP contribution in [0.1, 0.15) is 38.2 Å². The molecule has 1 aliphatic carbocycles. The predicted molar refractivity (Wildman–Crippen MR) is 108 cm³/mol. The van der Waals surface area contributed by atoms with Crippen LogP contribution in [0.4, 0.5) is 18.0 Å². The van der Waals surface area contributed by atoms with Crippen LogP contribution in [0.5, 0.6) is 0 Å². The number of hydrogen-bond donors (Lipinski definition) is 2. The van der Waals surface area contributed by atoms with Crippen LogP contribution in [0.2, 0.25) is 5.02 Å². The molecule has 0 aromatic carbocycles. The quantitative estimate of drug-likeness (QED) is 0.504. The van der Waals surface area contributed by atoms with Crippen molar-refractivity contribution in [3.63, 3.8) is 0 Å². The van der Waals surface area contributed by atoms with Gasteiger partial charge in [0.25, 0.3) is 5.91 Å². The van der Waals surface area contributed by atoms with Crippen LogP contribution in [-0.2, 0) is 15.8 Å². The van der Waals surface area contributed by atoms with Crippen LogP contribution in [0.3, 0.4) is 0 Å². The number of carbonyl (C=O) groups excluding carboxylic acids is 3. The number of aromatic nitrogens is 3. The monoisotopic (exact) mass is 490 g/mol. The van der Waals surface area contributed by atoms with Crippen molar-refractivity contribution in [1.29, 1.82) is 0 Å². The van der Waals surface area contributed by atoms with Crippen LogP contribution in [-0.4, -0.2) is 48.7 Å². The Labute approximate surface area is 189 Å². The van der Waals surface area contributed by atoms with E-state index in [9.17, 15) is 27.6 Å². The van der Waals surface area contributed by atoms with Gasteiger partial charge in [-0.3, -0.25) is 19.4 Å². The smallest absolute Gasteiger partial charge is 0.322 e. The number of nitrogens with one attached hydrogen (secondary N) is 2. The van der Waals surface area contributed by atoms with Crippen LogP contribution in [0, 0.1) is 5.92 Å². The highest BCUT2D eigenvalue weighted by molar-refractivity contribution is 7.99. The van der Waals surface area contributed by atoms with Gasteiger partial charge in [0.1, 0.15) is 5.54 Å². The second-order valence-electron chi connectivity index (χ2n) is 7.91. The molecule has 0 unspecified atom stereocenters. The second kappa shape index (κ2) is 8.10. The summed E-state index contributed by atoms with van der Waals surface area (Å²) in [6.07, 6.45) is -1.29. The summed E-state index contributed by atoms with van der Waals surface area (Å²) in [7, 11) is 0. The SMILES string of the molecule is CC1CCC2(CC1)NC(=O)N(NC(=O)CSc1nnc3c(Cl)cc(C(F)(F)F)cn13)C2=O. The summed E-state index contributed by atoms with van der Waals surface area (Å²) < 4.78 is 40.2. The maximum Gasteiger partial charge on any atom is 0.417 e. The normalized spacial score (nSPS) is 23.8. The van der Waals surface area contributed by atoms with Gasteiger partial charge in [-0.2, -0.15) is 18.2 Å². The van der Waals surface area contributed by atoms with Crippen molar-refractivity contribution in [2.45, 2.75) is 49.5 Å². The highest BCUT2D eigenvalue weighted by atomic mass is 35.5. The maximum absolute atomic E-state index is 13.1. The molecule has 0 radical (unpaired) electrons. The van der Waals surface area contributed by atoms with E-state index in [0.717, 1.165) is 41.3 Å². The molecule has 0 atom stereocenters. The molecule has 0 bridgehead atoms. The molecule has 2 aromatic rings. The molecule has 1 saturated carbocycles. The molecule has 3 heterocycles. The minimum atomic E-state index is -4.63. The molecule has 14 heteroatoms. The van der Waals surface area contributed by atoms with Crippen molar-refractivity contribution < 1.29 is 27.6 Å². The zero-order chi connectivity index (χ0) is 23.3. The lowest BCUT2D eigenvalue weighted by molar-refractivity contribution is -0.139. The molecule has 2 aliphatic rings. The lowest BCUT2D eigenvalue weighted by atomic mass is 9.77. The van der Waals surface area contributed by atoms with E-state index in [-0.39, 0.29) is 21.6 Å². The fraction of sp³-hybridized carbons (Fsp3) is 0.500. The third-order valence-electron chi connectivity index (χ3n) is 5.61. The molecule has 9 nitrogen and oxygen atoms in total. The zero-order valence-electron chi connectivity index (χ0n) is 16.7. The summed E-state index contributed by atoms with van der Waals surface area (Å²) in [5, 5.41) is 10.6. The van der Waals surface area contributed by atoms with Crippen LogP contribution in [0.25, 0.3) is 5.65 Å². The molecule has 2 fully saturated rings. The lowest BCUT2D eigenvalue weighted by Crippen LogP contribution is -2.51. The number of amides is 4. The Hall–Kier alpha value is -2.54. The summed E-state index contributed by atoms with van der Waals surface area (Å²) in [4.78, 5) is 37.4. The average molecular weight is 491 g/mol. The van der Waals surface area contributed by atoms with Gasteiger partial charge in [0, 0.05) is 6.20 Å². The molecule has 1 saturated heterocycles. The van der Waals surface area contributed by atoms with E-state index in [2.05, 4.69) is 27.9 Å². The van der Waals surface area contributed by atoms with Crippen molar-refractivity contribution in [3.8, 4) is 0 Å². The van der Waals surface area contributed by atoms with E-state index >= 15 is 0 Å². The average Bonchev–Trinajstić information content (AvgIpc) is 3.23. The fourth-order valence-corrected chi connectivity index (χ4v) is 4.74. The molecular weight excluding hydrogens is 473 g/mol. The Kier molecular flexibility index (Phi) is 5.74. The predicted octanol–water partition coefficient (Wildman–Crippen LogP) is 3.03. The molecule has 4 rings (SSSR count). The summed E-state index contributed by atoms with van der Waals surface area (Å²) >= 11 is 6.66. The minimum absolute atomic E-state index is 0.00177. The molecule has 2 N–H and O–H groups in total. The molecule has 32 heavy (non-hydrogen) atoms. The van der Waals surface area contributed by atoms with Crippen molar-refractivity contribution in [1.82, 2.24) is 30.3 Å². The van der Waals surface area contributed by atoms with Gasteiger partial charge in [-0.25, -0.2) is 4.79 Å². The van der Waals surface area contributed by atoms with E-state index in [4.69, 9.17) is 11.6 Å². The number of halogens is 4. The first-order valence-corrected chi connectivity index (χ1v) is 11.1.